The molecule has 0 aliphatic carbocycles. The van der Waals surface area contributed by atoms with E-state index in [9.17, 15) is 4.79 Å². The summed E-state index contributed by atoms with van der Waals surface area (Å²) in [5.74, 6) is 0.415. The third-order valence-corrected chi connectivity index (χ3v) is 5.83. The molecule has 0 aromatic carbocycles. The number of H-pyrrole nitrogens is 1. The van der Waals surface area contributed by atoms with Gasteiger partial charge in [0, 0.05) is 31.4 Å². The summed E-state index contributed by atoms with van der Waals surface area (Å²) in [6.07, 6.45) is 6.77. The fourth-order valence-electron chi connectivity index (χ4n) is 3.13. The molecule has 0 spiro atoms. The monoisotopic (exact) mass is 354 g/mol. The number of likely N-dealkylation sites (tertiary alicyclic amines) is 1. The fraction of sp³-hybridized carbons (Fsp3) is 0.353. The van der Waals surface area contributed by atoms with E-state index in [1.165, 1.54) is 0 Å². The van der Waals surface area contributed by atoms with E-state index in [-0.39, 0.29) is 5.91 Å². The molecule has 25 heavy (non-hydrogen) atoms. The lowest BCUT2D eigenvalue weighted by Gasteiger charge is -2.30. The van der Waals surface area contributed by atoms with Crippen LogP contribution in [-0.4, -0.2) is 49.0 Å². The van der Waals surface area contributed by atoms with Gasteiger partial charge in [-0.1, -0.05) is 0 Å². The molecule has 0 unspecified atom stereocenters. The minimum atomic E-state index is 0.0212. The summed E-state index contributed by atoms with van der Waals surface area (Å²) >= 11 is 1.71. The summed E-state index contributed by atoms with van der Waals surface area (Å²) in [6.45, 7) is 3.50. The van der Waals surface area contributed by atoms with E-state index in [0.717, 1.165) is 47.2 Å². The number of aromatic amines is 1. The summed E-state index contributed by atoms with van der Waals surface area (Å²) in [5.41, 5.74) is 2.48. The second-order valence-corrected chi connectivity index (χ2v) is 7.13. The Kier molecular flexibility index (Phi) is 4.27. The maximum Gasteiger partial charge on any atom is 0.271 e. The zero-order chi connectivity index (χ0) is 17.2. The van der Waals surface area contributed by atoms with E-state index in [1.54, 1.807) is 36.1 Å². The Hall–Kier alpha value is -2.61. The molecule has 128 valence electrons. The molecule has 1 saturated heterocycles. The third-order valence-electron chi connectivity index (χ3n) is 4.49. The van der Waals surface area contributed by atoms with Crippen molar-refractivity contribution in [2.75, 3.05) is 13.1 Å². The van der Waals surface area contributed by atoms with Gasteiger partial charge in [0.25, 0.3) is 5.91 Å². The van der Waals surface area contributed by atoms with Crippen molar-refractivity contribution in [2.24, 2.45) is 0 Å². The van der Waals surface area contributed by atoms with Gasteiger partial charge >= 0.3 is 0 Å². The quantitative estimate of drug-likeness (QED) is 0.781. The molecular formula is C17H18N6OS. The number of piperidine rings is 1. The predicted octanol–water partition coefficient (Wildman–Crippen LogP) is 2.65. The molecule has 0 radical (unpaired) electrons. The minimum Gasteiger partial charge on any atom is -0.337 e. The molecule has 0 bridgehead atoms. The van der Waals surface area contributed by atoms with Crippen LogP contribution in [0, 0.1) is 6.92 Å². The Morgan fingerprint density at radius 3 is 2.80 bits per heavy atom. The van der Waals surface area contributed by atoms with Gasteiger partial charge in [-0.05, 0) is 31.9 Å². The number of carbonyl (C=O) groups excluding carboxylic acids is 1. The lowest BCUT2D eigenvalue weighted by molar-refractivity contribution is 0.0707. The first kappa shape index (κ1) is 15.9. The molecular weight excluding hydrogens is 336 g/mol. The molecule has 1 N–H and O–H groups in total. The SMILES string of the molecule is Cc1nc(C2CCN(C(=O)c3ccn[nH]3)CC2)sc1-c1ccncn1. The van der Waals surface area contributed by atoms with Crippen molar-refractivity contribution in [3.63, 3.8) is 0 Å². The number of aryl methyl sites for hydroxylation is 1. The maximum atomic E-state index is 12.4. The minimum absolute atomic E-state index is 0.0212. The van der Waals surface area contributed by atoms with Crippen LogP contribution in [0.15, 0.2) is 30.9 Å². The van der Waals surface area contributed by atoms with Crippen molar-refractivity contribution >= 4 is 17.2 Å². The third kappa shape index (κ3) is 3.17. The van der Waals surface area contributed by atoms with E-state index >= 15 is 0 Å². The number of amides is 1. The Morgan fingerprint density at radius 2 is 2.12 bits per heavy atom. The van der Waals surface area contributed by atoms with Gasteiger partial charge in [-0.15, -0.1) is 11.3 Å². The van der Waals surface area contributed by atoms with Crippen molar-refractivity contribution in [3.8, 4) is 10.6 Å². The number of hydrogen-bond acceptors (Lipinski definition) is 6. The summed E-state index contributed by atoms with van der Waals surface area (Å²) < 4.78 is 0. The first-order valence-electron chi connectivity index (χ1n) is 8.24. The van der Waals surface area contributed by atoms with E-state index < -0.39 is 0 Å². The Bertz CT molecular complexity index is 853. The van der Waals surface area contributed by atoms with Crippen molar-refractivity contribution < 1.29 is 4.79 Å². The largest absolute Gasteiger partial charge is 0.337 e. The van der Waals surface area contributed by atoms with E-state index in [1.807, 2.05) is 17.9 Å². The van der Waals surface area contributed by atoms with Gasteiger partial charge in [-0.25, -0.2) is 15.0 Å². The normalized spacial score (nSPS) is 15.5. The molecule has 7 nitrogen and oxygen atoms in total. The van der Waals surface area contributed by atoms with Crippen LogP contribution in [0.2, 0.25) is 0 Å². The molecule has 3 aromatic heterocycles. The highest BCUT2D eigenvalue weighted by Crippen LogP contribution is 2.36. The predicted molar refractivity (Wildman–Crippen MR) is 94.3 cm³/mol. The lowest BCUT2D eigenvalue weighted by Crippen LogP contribution is -2.38. The van der Waals surface area contributed by atoms with Crippen LogP contribution in [0.5, 0.6) is 0 Å². The van der Waals surface area contributed by atoms with Gasteiger partial charge in [-0.2, -0.15) is 5.10 Å². The number of nitrogens with zero attached hydrogens (tertiary/aromatic N) is 5. The van der Waals surface area contributed by atoms with Crippen LogP contribution in [0.25, 0.3) is 10.6 Å². The van der Waals surface area contributed by atoms with E-state index in [4.69, 9.17) is 4.98 Å². The number of rotatable bonds is 3. The number of hydrogen-bond donors (Lipinski definition) is 1. The van der Waals surface area contributed by atoms with Crippen LogP contribution in [0.4, 0.5) is 0 Å². The average Bonchev–Trinajstić information content (AvgIpc) is 3.32. The van der Waals surface area contributed by atoms with Gasteiger partial charge < -0.3 is 4.90 Å². The Morgan fingerprint density at radius 1 is 1.28 bits per heavy atom. The van der Waals surface area contributed by atoms with Crippen molar-refractivity contribution in [3.05, 3.63) is 47.2 Å². The van der Waals surface area contributed by atoms with Crippen molar-refractivity contribution in [1.29, 1.82) is 0 Å². The zero-order valence-corrected chi connectivity index (χ0v) is 14.7. The average molecular weight is 354 g/mol. The fourth-order valence-corrected chi connectivity index (χ4v) is 4.34. The number of nitrogens with one attached hydrogen (secondary N) is 1. The summed E-state index contributed by atoms with van der Waals surface area (Å²) in [6, 6.07) is 3.63. The summed E-state index contributed by atoms with van der Waals surface area (Å²) in [4.78, 5) is 28.4. The standard InChI is InChI=1S/C17H18N6OS/c1-11-15(13-2-6-18-10-19-13)25-16(21-11)12-4-8-23(9-5-12)17(24)14-3-7-20-22-14/h2-3,6-7,10,12H,4-5,8-9H2,1H3,(H,20,22). The number of carbonyl (C=O) groups is 1. The van der Waals surface area contributed by atoms with Gasteiger partial charge in [0.1, 0.15) is 12.0 Å². The molecule has 8 heteroatoms. The topological polar surface area (TPSA) is 87.7 Å². The maximum absolute atomic E-state index is 12.4. The second-order valence-electron chi connectivity index (χ2n) is 6.10. The van der Waals surface area contributed by atoms with Gasteiger partial charge in [0.05, 0.1) is 21.3 Å². The highest BCUT2D eigenvalue weighted by atomic mass is 32.1. The first-order valence-corrected chi connectivity index (χ1v) is 9.06. The lowest BCUT2D eigenvalue weighted by atomic mass is 9.97. The number of thiazole rings is 1. The highest BCUT2D eigenvalue weighted by molar-refractivity contribution is 7.15. The first-order chi connectivity index (χ1) is 12.2. The molecule has 0 saturated carbocycles. The van der Waals surface area contributed by atoms with Crippen LogP contribution < -0.4 is 0 Å². The molecule has 1 aliphatic rings. The van der Waals surface area contributed by atoms with Crippen LogP contribution in [0.3, 0.4) is 0 Å². The Balaban J connectivity index is 1.46. The van der Waals surface area contributed by atoms with E-state index in [0.29, 0.717) is 11.6 Å². The van der Waals surface area contributed by atoms with E-state index in [2.05, 4.69) is 20.2 Å². The molecule has 4 heterocycles. The van der Waals surface area contributed by atoms with Crippen LogP contribution in [-0.2, 0) is 0 Å². The Labute approximate surface area is 149 Å². The molecule has 1 fully saturated rings. The highest BCUT2D eigenvalue weighted by Gasteiger charge is 2.27. The summed E-state index contributed by atoms with van der Waals surface area (Å²) in [7, 11) is 0. The number of aromatic nitrogens is 5. The molecule has 1 aliphatic heterocycles. The molecule has 4 rings (SSSR count). The molecule has 0 atom stereocenters. The van der Waals surface area contributed by atoms with Crippen LogP contribution >= 0.6 is 11.3 Å². The zero-order valence-electron chi connectivity index (χ0n) is 13.8. The van der Waals surface area contributed by atoms with Gasteiger partial charge in [0.2, 0.25) is 0 Å². The molecule has 3 aromatic rings. The summed E-state index contributed by atoms with van der Waals surface area (Å²) in [5, 5.41) is 7.73. The van der Waals surface area contributed by atoms with Crippen LogP contribution in [0.1, 0.15) is 39.9 Å². The van der Waals surface area contributed by atoms with Crippen molar-refractivity contribution in [2.45, 2.75) is 25.7 Å². The van der Waals surface area contributed by atoms with Gasteiger partial charge in [0.15, 0.2) is 0 Å². The van der Waals surface area contributed by atoms with Crippen molar-refractivity contribution in [1.82, 2.24) is 30.0 Å². The van der Waals surface area contributed by atoms with Gasteiger partial charge in [-0.3, -0.25) is 9.89 Å². The smallest absolute Gasteiger partial charge is 0.271 e. The molecule has 1 amide bonds. The second kappa shape index (κ2) is 6.72.